The fraction of sp³-hybridized carbons (Fsp3) is 0.100. The number of nitrogens with zero attached hydrogens (tertiary/aromatic N) is 1. The second-order valence-corrected chi connectivity index (χ2v) is 5.40. The molecule has 0 atom stereocenters. The van der Waals surface area contributed by atoms with Crippen molar-refractivity contribution in [3.8, 4) is 5.75 Å². The van der Waals surface area contributed by atoms with Crippen molar-refractivity contribution < 1.29 is 9.53 Å². The van der Waals surface area contributed by atoms with Gasteiger partial charge in [-0.3, -0.25) is 9.78 Å². The zero-order valence-electron chi connectivity index (χ0n) is 13.7. The summed E-state index contributed by atoms with van der Waals surface area (Å²) in [6.07, 6.45) is 1.77. The number of anilines is 2. The maximum atomic E-state index is 11.9. The van der Waals surface area contributed by atoms with Gasteiger partial charge in [-0.25, -0.2) is 0 Å². The highest BCUT2D eigenvalue weighted by Crippen LogP contribution is 2.14. The molecule has 0 saturated heterocycles. The van der Waals surface area contributed by atoms with Crippen LogP contribution in [0.15, 0.2) is 79.0 Å². The number of aromatic nitrogens is 1. The number of benzene rings is 2. The summed E-state index contributed by atoms with van der Waals surface area (Å²) in [6.45, 7) is 0.626. The van der Waals surface area contributed by atoms with Crippen LogP contribution in [0.25, 0.3) is 0 Å². The van der Waals surface area contributed by atoms with Crippen molar-refractivity contribution in [3.05, 3.63) is 84.7 Å². The number of carbonyl (C=O) groups excluding carboxylic acids is 1. The number of rotatable bonds is 7. The monoisotopic (exact) mass is 333 g/mol. The first-order valence-corrected chi connectivity index (χ1v) is 8.01. The van der Waals surface area contributed by atoms with Crippen molar-refractivity contribution in [3.63, 3.8) is 0 Å². The largest absolute Gasteiger partial charge is 0.484 e. The summed E-state index contributed by atoms with van der Waals surface area (Å²) in [7, 11) is 0. The molecule has 1 heterocycles. The maximum absolute atomic E-state index is 11.9. The van der Waals surface area contributed by atoms with Crippen LogP contribution in [-0.2, 0) is 11.3 Å². The predicted molar refractivity (Wildman–Crippen MR) is 98.6 cm³/mol. The Kier molecular flexibility index (Phi) is 5.61. The van der Waals surface area contributed by atoms with Gasteiger partial charge in [0, 0.05) is 17.6 Å². The van der Waals surface area contributed by atoms with Crippen molar-refractivity contribution in [1.29, 1.82) is 0 Å². The number of ether oxygens (including phenoxy) is 1. The fourth-order valence-corrected chi connectivity index (χ4v) is 2.23. The molecule has 2 aromatic carbocycles. The van der Waals surface area contributed by atoms with Crippen molar-refractivity contribution >= 4 is 17.3 Å². The zero-order valence-corrected chi connectivity index (χ0v) is 13.7. The van der Waals surface area contributed by atoms with Gasteiger partial charge in [-0.2, -0.15) is 0 Å². The number of hydrogen-bond donors (Lipinski definition) is 2. The Hall–Kier alpha value is -3.34. The minimum absolute atomic E-state index is 0.0241. The summed E-state index contributed by atoms with van der Waals surface area (Å²) >= 11 is 0. The van der Waals surface area contributed by atoms with E-state index in [0.29, 0.717) is 12.3 Å². The van der Waals surface area contributed by atoms with Gasteiger partial charge in [0.2, 0.25) is 0 Å². The highest BCUT2D eigenvalue weighted by atomic mass is 16.5. The van der Waals surface area contributed by atoms with Crippen LogP contribution in [0.5, 0.6) is 5.75 Å². The standard InChI is InChI=1S/C20H19N3O2/c24-20(15-25-19-7-2-1-3-8-19)23-17-11-9-16(10-12-17)22-14-18-6-4-5-13-21-18/h1-13,22H,14-15H2,(H,23,24). The second-order valence-electron chi connectivity index (χ2n) is 5.40. The van der Waals surface area contributed by atoms with Gasteiger partial charge in [0.1, 0.15) is 5.75 Å². The summed E-state index contributed by atoms with van der Waals surface area (Å²) in [5.41, 5.74) is 2.66. The predicted octanol–water partition coefficient (Wildman–Crippen LogP) is 3.71. The number of amides is 1. The molecule has 25 heavy (non-hydrogen) atoms. The van der Waals surface area contributed by atoms with E-state index in [1.54, 1.807) is 6.20 Å². The van der Waals surface area contributed by atoms with E-state index in [1.165, 1.54) is 0 Å². The number of para-hydroxylation sites is 1. The van der Waals surface area contributed by atoms with Crippen molar-refractivity contribution in [2.75, 3.05) is 17.2 Å². The molecule has 0 aliphatic rings. The maximum Gasteiger partial charge on any atom is 0.262 e. The lowest BCUT2D eigenvalue weighted by Gasteiger charge is -2.09. The van der Waals surface area contributed by atoms with Crippen LogP contribution in [0, 0.1) is 0 Å². The van der Waals surface area contributed by atoms with Gasteiger partial charge in [-0.1, -0.05) is 24.3 Å². The molecule has 2 N–H and O–H groups in total. The zero-order chi connectivity index (χ0) is 17.3. The molecule has 0 spiro atoms. The molecule has 3 rings (SSSR count). The van der Waals surface area contributed by atoms with E-state index >= 15 is 0 Å². The van der Waals surface area contributed by atoms with E-state index in [9.17, 15) is 4.79 Å². The first kappa shape index (κ1) is 16.5. The Morgan fingerprint density at radius 1 is 0.880 bits per heavy atom. The Morgan fingerprint density at radius 3 is 2.32 bits per heavy atom. The van der Waals surface area contributed by atoms with Crippen molar-refractivity contribution in [2.45, 2.75) is 6.54 Å². The number of pyridine rings is 1. The molecule has 126 valence electrons. The van der Waals surface area contributed by atoms with E-state index in [0.717, 1.165) is 17.1 Å². The third kappa shape index (κ3) is 5.35. The first-order valence-electron chi connectivity index (χ1n) is 8.01. The minimum Gasteiger partial charge on any atom is -0.484 e. The summed E-state index contributed by atoms with van der Waals surface area (Å²) in [5, 5.41) is 6.10. The van der Waals surface area contributed by atoms with Crippen LogP contribution in [-0.4, -0.2) is 17.5 Å². The Morgan fingerprint density at radius 2 is 1.60 bits per heavy atom. The molecule has 0 bridgehead atoms. The third-order valence-electron chi connectivity index (χ3n) is 3.48. The van der Waals surface area contributed by atoms with Crippen LogP contribution in [0.2, 0.25) is 0 Å². The molecule has 0 aliphatic heterocycles. The van der Waals surface area contributed by atoms with Gasteiger partial charge in [-0.05, 0) is 48.5 Å². The molecule has 0 radical (unpaired) electrons. The van der Waals surface area contributed by atoms with Crippen LogP contribution in [0.4, 0.5) is 11.4 Å². The molecule has 5 nitrogen and oxygen atoms in total. The number of carbonyl (C=O) groups is 1. The van der Waals surface area contributed by atoms with E-state index < -0.39 is 0 Å². The van der Waals surface area contributed by atoms with Gasteiger partial charge in [-0.15, -0.1) is 0 Å². The lowest BCUT2D eigenvalue weighted by Crippen LogP contribution is -2.20. The van der Waals surface area contributed by atoms with Gasteiger partial charge in [0.05, 0.1) is 12.2 Å². The van der Waals surface area contributed by atoms with Crippen molar-refractivity contribution in [2.24, 2.45) is 0 Å². The average Bonchev–Trinajstić information content (AvgIpc) is 2.67. The van der Waals surface area contributed by atoms with Crippen LogP contribution < -0.4 is 15.4 Å². The Balaban J connectivity index is 1.46. The van der Waals surface area contributed by atoms with Gasteiger partial charge in [0.25, 0.3) is 5.91 Å². The van der Waals surface area contributed by atoms with E-state index in [1.807, 2.05) is 72.8 Å². The molecule has 3 aromatic rings. The summed E-state index contributed by atoms with van der Waals surface area (Å²) in [6, 6.07) is 22.6. The summed E-state index contributed by atoms with van der Waals surface area (Å²) in [4.78, 5) is 16.2. The second kappa shape index (κ2) is 8.49. The first-order chi connectivity index (χ1) is 12.3. The topological polar surface area (TPSA) is 63.2 Å². The van der Waals surface area contributed by atoms with Gasteiger partial charge >= 0.3 is 0 Å². The average molecular weight is 333 g/mol. The SMILES string of the molecule is O=C(COc1ccccc1)Nc1ccc(NCc2ccccn2)cc1. The number of nitrogens with one attached hydrogen (secondary N) is 2. The van der Waals surface area contributed by atoms with Gasteiger partial charge in [0.15, 0.2) is 6.61 Å². The molecule has 0 saturated carbocycles. The molecule has 5 heteroatoms. The van der Waals surface area contributed by atoms with Crippen LogP contribution in [0.3, 0.4) is 0 Å². The lowest BCUT2D eigenvalue weighted by atomic mass is 10.2. The lowest BCUT2D eigenvalue weighted by molar-refractivity contribution is -0.118. The normalized spacial score (nSPS) is 10.1. The molecular weight excluding hydrogens is 314 g/mol. The fourth-order valence-electron chi connectivity index (χ4n) is 2.23. The number of hydrogen-bond acceptors (Lipinski definition) is 4. The van der Waals surface area contributed by atoms with Crippen LogP contribution in [0.1, 0.15) is 5.69 Å². The molecular formula is C20H19N3O2. The molecule has 0 aliphatic carbocycles. The Bertz CT molecular complexity index is 790. The Labute approximate surface area is 146 Å². The summed E-state index contributed by atoms with van der Waals surface area (Å²) in [5.74, 6) is 0.477. The highest BCUT2D eigenvalue weighted by molar-refractivity contribution is 5.92. The van der Waals surface area contributed by atoms with Crippen molar-refractivity contribution in [1.82, 2.24) is 4.98 Å². The minimum atomic E-state index is -0.196. The smallest absolute Gasteiger partial charge is 0.262 e. The quantitative estimate of drug-likeness (QED) is 0.692. The van der Waals surface area contributed by atoms with E-state index in [2.05, 4.69) is 15.6 Å². The van der Waals surface area contributed by atoms with Crippen LogP contribution >= 0.6 is 0 Å². The third-order valence-corrected chi connectivity index (χ3v) is 3.48. The van der Waals surface area contributed by atoms with E-state index in [-0.39, 0.29) is 12.5 Å². The molecule has 0 unspecified atom stereocenters. The molecule has 0 fully saturated rings. The summed E-state index contributed by atoms with van der Waals surface area (Å²) < 4.78 is 5.42. The molecule has 1 aromatic heterocycles. The highest BCUT2D eigenvalue weighted by Gasteiger charge is 2.04. The molecule has 1 amide bonds. The van der Waals surface area contributed by atoms with Gasteiger partial charge < -0.3 is 15.4 Å². The van der Waals surface area contributed by atoms with E-state index in [4.69, 9.17) is 4.74 Å².